The largest absolute Gasteiger partial charge is 0.490 e. The first-order valence-electron chi connectivity index (χ1n) is 6.47. The van der Waals surface area contributed by atoms with Crippen LogP contribution in [0.2, 0.25) is 0 Å². The summed E-state index contributed by atoms with van der Waals surface area (Å²) < 4.78 is 11.3. The van der Waals surface area contributed by atoms with Gasteiger partial charge < -0.3 is 19.9 Å². The van der Waals surface area contributed by atoms with Crippen LogP contribution in [0, 0.1) is 0 Å². The van der Waals surface area contributed by atoms with E-state index >= 15 is 0 Å². The van der Waals surface area contributed by atoms with Gasteiger partial charge in [0.2, 0.25) is 0 Å². The van der Waals surface area contributed by atoms with Gasteiger partial charge >= 0.3 is 0 Å². The number of hydrogen-bond acceptors (Lipinski definition) is 4. The maximum Gasteiger partial charge on any atom is 0.161 e. The Morgan fingerprint density at radius 1 is 1.22 bits per heavy atom. The summed E-state index contributed by atoms with van der Waals surface area (Å²) >= 11 is 0. The summed E-state index contributed by atoms with van der Waals surface area (Å²) in [6.07, 6.45) is 0.916. The molecule has 100 valence electrons. The van der Waals surface area contributed by atoms with Gasteiger partial charge in [-0.2, -0.15) is 0 Å². The van der Waals surface area contributed by atoms with Crippen LogP contribution < -0.4 is 14.8 Å². The zero-order valence-electron chi connectivity index (χ0n) is 11.0. The molecule has 0 spiro atoms. The first-order chi connectivity index (χ1) is 8.70. The zero-order chi connectivity index (χ0) is 13.0. The molecule has 0 aliphatic carbocycles. The summed E-state index contributed by atoms with van der Waals surface area (Å²) in [6.45, 7) is 5.58. The minimum atomic E-state index is 0.0796. The molecule has 0 bridgehead atoms. The van der Waals surface area contributed by atoms with E-state index in [4.69, 9.17) is 14.6 Å². The maximum atomic E-state index is 9.05. The molecule has 2 N–H and O–H groups in total. The molecule has 1 aliphatic heterocycles. The molecule has 0 aromatic heterocycles. The lowest BCUT2D eigenvalue weighted by Gasteiger charge is -2.19. The van der Waals surface area contributed by atoms with Gasteiger partial charge in [-0.1, -0.05) is 6.07 Å². The molecule has 1 aliphatic rings. The van der Waals surface area contributed by atoms with E-state index in [2.05, 4.69) is 12.2 Å². The molecule has 1 heterocycles. The van der Waals surface area contributed by atoms with Crippen LogP contribution >= 0.6 is 0 Å². The second kappa shape index (κ2) is 6.07. The number of aliphatic hydroxyl groups is 1. The Kier molecular flexibility index (Phi) is 4.44. The van der Waals surface area contributed by atoms with Crippen LogP contribution in [0.25, 0.3) is 0 Å². The van der Waals surface area contributed by atoms with Crippen molar-refractivity contribution in [2.45, 2.75) is 32.4 Å². The van der Waals surface area contributed by atoms with E-state index in [-0.39, 0.29) is 18.7 Å². The van der Waals surface area contributed by atoms with Crippen LogP contribution in [-0.4, -0.2) is 31.0 Å². The topological polar surface area (TPSA) is 50.7 Å². The summed E-state index contributed by atoms with van der Waals surface area (Å²) in [7, 11) is 0. The third-order valence-corrected chi connectivity index (χ3v) is 3.08. The zero-order valence-corrected chi connectivity index (χ0v) is 11.0. The monoisotopic (exact) mass is 251 g/mol. The fraction of sp³-hybridized carbons (Fsp3) is 0.571. The highest BCUT2D eigenvalue weighted by Crippen LogP contribution is 2.32. The molecule has 0 saturated carbocycles. The highest BCUT2D eigenvalue weighted by Gasteiger charge is 2.14. The van der Waals surface area contributed by atoms with E-state index in [1.165, 1.54) is 0 Å². The normalized spacial score (nSPS) is 17.9. The van der Waals surface area contributed by atoms with Gasteiger partial charge in [0.05, 0.1) is 19.8 Å². The average Bonchev–Trinajstić information content (AvgIpc) is 2.62. The lowest BCUT2D eigenvalue weighted by molar-refractivity contribution is 0.243. The quantitative estimate of drug-likeness (QED) is 0.858. The Morgan fingerprint density at radius 2 is 1.94 bits per heavy atom. The van der Waals surface area contributed by atoms with Crippen molar-refractivity contribution in [3.8, 4) is 11.5 Å². The first kappa shape index (κ1) is 13.2. The number of fused-ring (bicyclic) bond motifs is 1. The average molecular weight is 251 g/mol. The highest BCUT2D eigenvalue weighted by atomic mass is 16.5. The molecule has 0 fully saturated rings. The molecule has 1 aromatic carbocycles. The number of ether oxygens (including phenoxy) is 2. The SMILES string of the molecule is CC(CO)NC(C)c1ccc2c(c1)OCCCO2. The van der Waals surface area contributed by atoms with Gasteiger partial charge in [-0.05, 0) is 31.5 Å². The van der Waals surface area contributed by atoms with Gasteiger partial charge in [0.15, 0.2) is 11.5 Å². The molecule has 2 rings (SSSR count). The van der Waals surface area contributed by atoms with Crippen LogP contribution in [-0.2, 0) is 0 Å². The molecule has 4 nitrogen and oxygen atoms in total. The molecular weight excluding hydrogens is 230 g/mol. The van der Waals surface area contributed by atoms with E-state index in [0.29, 0.717) is 13.2 Å². The first-order valence-corrected chi connectivity index (χ1v) is 6.47. The van der Waals surface area contributed by atoms with Crippen LogP contribution in [0.15, 0.2) is 18.2 Å². The summed E-state index contributed by atoms with van der Waals surface area (Å²) in [5, 5.41) is 12.4. The standard InChI is InChI=1S/C14H21NO3/c1-10(9-16)15-11(2)12-4-5-13-14(8-12)18-7-3-6-17-13/h4-5,8,10-11,15-16H,3,6-7,9H2,1-2H3. The summed E-state index contributed by atoms with van der Waals surface area (Å²) in [4.78, 5) is 0. The van der Waals surface area contributed by atoms with E-state index < -0.39 is 0 Å². The van der Waals surface area contributed by atoms with Crippen molar-refractivity contribution >= 4 is 0 Å². The lowest BCUT2D eigenvalue weighted by atomic mass is 10.1. The minimum Gasteiger partial charge on any atom is -0.490 e. The van der Waals surface area contributed by atoms with Crippen molar-refractivity contribution in [1.82, 2.24) is 5.32 Å². The van der Waals surface area contributed by atoms with Gasteiger partial charge in [-0.3, -0.25) is 0 Å². The van der Waals surface area contributed by atoms with Gasteiger partial charge in [0.1, 0.15) is 0 Å². The van der Waals surface area contributed by atoms with Crippen LogP contribution in [0.5, 0.6) is 11.5 Å². The fourth-order valence-electron chi connectivity index (χ4n) is 2.02. The van der Waals surface area contributed by atoms with E-state index in [0.717, 1.165) is 23.5 Å². The van der Waals surface area contributed by atoms with Crippen molar-refractivity contribution in [1.29, 1.82) is 0 Å². The Hall–Kier alpha value is -1.26. The number of benzene rings is 1. The molecule has 0 saturated heterocycles. The van der Waals surface area contributed by atoms with Crippen molar-refractivity contribution in [2.24, 2.45) is 0 Å². The van der Waals surface area contributed by atoms with Crippen molar-refractivity contribution < 1.29 is 14.6 Å². The van der Waals surface area contributed by atoms with Crippen molar-refractivity contribution in [3.05, 3.63) is 23.8 Å². The third kappa shape index (κ3) is 3.15. The Morgan fingerprint density at radius 3 is 2.67 bits per heavy atom. The molecule has 0 amide bonds. The predicted molar refractivity (Wildman–Crippen MR) is 70.1 cm³/mol. The number of nitrogens with one attached hydrogen (secondary N) is 1. The van der Waals surface area contributed by atoms with Gasteiger partial charge in [0, 0.05) is 18.5 Å². The minimum absolute atomic E-state index is 0.0796. The lowest BCUT2D eigenvalue weighted by Crippen LogP contribution is -2.31. The molecular formula is C14H21NO3. The summed E-state index contributed by atoms with van der Waals surface area (Å²) in [5.74, 6) is 1.63. The van der Waals surface area contributed by atoms with Crippen molar-refractivity contribution in [2.75, 3.05) is 19.8 Å². The highest BCUT2D eigenvalue weighted by molar-refractivity contribution is 5.44. The van der Waals surface area contributed by atoms with Crippen molar-refractivity contribution in [3.63, 3.8) is 0 Å². The molecule has 2 atom stereocenters. The molecule has 4 heteroatoms. The van der Waals surface area contributed by atoms with E-state index in [1.807, 2.05) is 25.1 Å². The Labute approximate surface area is 108 Å². The van der Waals surface area contributed by atoms with Gasteiger partial charge in [-0.15, -0.1) is 0 Å². The number of hydrogen-bond donors (Lipinski definition) is 2. The second-order valence-corrected chi connectivity index (χ2v) is 4.73. The van der Waals surface area contributed by atoms with Crippen LogP contribution in [0.3, 0.4) is 0 Å². The molecule has 2 unspecified atom stereocenters. The van der Waals surface area contributed by atoms with E-state index in [1.54, 1.807) is 0 Å². The fourth-order valence-corrected chi connectivity index (χ4v) is 2.02. The van der Waals surface area contributed by atoms with Crippen LogP contribution in [0.1, 0.15) is 31.9 Å². The third-order valence-electron chi connectivity index (χ3n) is 3.08. The Bertz CT molecular complexity index is 395. The predicted octanol–water partition coefficient (Wildman–Crippen LogP) is 1.88. The molecule has 18 heavy (non-hydrogen) atoms. The molecule has 1 aromatic rings. The Balaban J connectivity index is 2.12. The number of rotatable bonds is 4. The summed E-state index contributed by atoms with van der Waals surface area (Å²) in [5.41, 5.74) is 1.14. The molecule has 0 radical (unpaired) electrons. The number of aliphatic hydroxyl groups excluding tert-OH is 1. The van der Waals surface area contributed by atoms with Crippen LogP contribution in [0.4, 0.5) is 0 Å². The van der Waals surface area contributed by atoms with Gasteiger partial charge in [-0.25, -0.2) is 0 Å². The second-order valence-electron chi connectivity index (χ2n) is 4.73. The van der Waals surface area contributed by atoms with E-state index in [9.17, 15) is 0 Å². The smallest absolute Gasteiger partial charge is 0.161 e. The maximum absolute atomic E-state index is 9.05. The van der Waals surface area contributed by atoms with Gasteiger partial charge in [0.25, 0.3) is 0 Å². The summed E-state index contributed by atoms with van der Waals surface area (Å²) in [6, 6.07) is 6.26.